The normalized spacial score (nSPS) is 11.4. The fourth-order valence-corrected chi connectivity index (χ4v) is 3.91. The lowest BCUT2D eigenvalue weighted by atomic mass is 10.2. The monoisotopic (exact) mass is 566 g/mol. The Hall–Kier alpha value is -3.69. The third-order valence-electron chi connectivity index (χ3n) is 5.27. The SMILES string of the molecule is CCCOC(=O)c1ccc(Oc2c(C(F)(F)F)oc3cc(OCc4c(Cl)cccc4Cl)ccc3c2=O)cc1. The standard InChI is InChI=1S/C27H19Cl2F3O6/c1-2-12-35-26(34)15-6-8-16(9-7-15)37-24-23(33)18-11-10-17(13-22(18)38-25(24)27(30,31)32)36-14-19-20(28)4-3-5-21(19)29/h3-11,13H,2,12,14H2,1H3. The van der Waals surface area contributed by atoms with Crippen LogP contribution in [0.1, 0.15) is 35.0 Å². The van der Waals surface area contributed by atoms with Gasteiger partial charge in [-0.3, -0.25) is 4.79 Å². The second-order valence-corrected chi connectivity index (χ2v) is 8.81. The van der Waals surface area contributed by atoms with Crippen LogP contribution in [0.5, 0.6) is 17.2 Å². The van der Waals surface area contributed by atoms with Gasteiger partial charge in [-0.25, -0.2) is 4.79 Å². The van der Waals surface area contributed by atoms with E-state index in [2.05, 4.69) is 0 Å². The lowest BCUT2D eigenvalue weighted by Gasteiger charge is -2.14. The molecule has 0 spiro atoms. The molecule has 1 aromatic heterocycles. The van der Waals surface area contributed by atoms with Gasteiger partial charge < -0.3 is 18.6 Å². The zero-order valence-corrected chi connectivity index (χ0v) is 21.2. The van der Waals surface area contributed by atoms with E-state index >= 15 is 0 Å². The average molecular weight is 567 g/mol. The zero-order valence-electron chi connectivity index (χ0n) is 19.7. The van der Waals surface area contributed by atoms with Crippen molar-refractivity contribution in [3.8, 4) is 17.2 Å². The number of rotatable bonds is 8. The van der Waals surface area contributed by atoms with E-state index in [1.54, 1.807) is 18.2 Å². The largest absolute Gasteiger partial charge is 0.489 e. The molecular weight excluding hydrogens is 548 g/mol. The minimum atomic E-state index is -5.05. The molecule has 0 unspecified atom stereocenters. The third kappa shape index (κ3) is 6.06. The first-order chi connectivity index (χ1) is 18.1. The fraction of sp³-hybridized carbons (Fsp3) is 0.185. The van der Waals surface area contributed by atoms with Crippen LogP contribution in [0.3, 0.4) is 0 Å². The molecule has 0 atom stereocenters. The summed E-state index contributed by atoms with van der Waals surface area (Å²) >= 11 is 12.2. The molecule has 0 N–H and O–H groups in total. The molecule has 0 saturated heterocycles. The van der Waals surface area contributed by atoms with Crippen molar-refractivity contribution in [3.63, 3.8) is 0 Å². The minimum absolute atomic E-state index is 0.0659. The van der Waals surface area contributed by atoms with Gasteiger partial charge in [0, 0.05) is 21.7 Å². The summed E-state index contributed by atoms with van der Waals surface area (Å²) in [6, 6.07) is 13.9. The van der Waals surface area contributed by atoms with Crippen LogP contribution < -0.4 is 14.9 Å². The number of carbonyl (C=O) groups excluding carboxylic acids is 1. The second kappa shape index (κ2) is 11.4. The first kappa shape index (κ1) is 27.3. The summed E-state index contributed by atoms with van der Waals surface area (Å²) in [4.78, 5) is 25.0. The molecule has 0 aliphatic rings. The van der Waals surface area contributed by atoms with Gasteiger partial charge in [0.25, 0.3) is 5.76 Å². The quantitative estimate of drug-likeness (QED) is 0.201. The van der Waals surface area contributed by atoms with Crippen molar-refractivity contribution in [2.75, 3.05) is 6.61 Å². The average Bonchev–Trinajstić information content (AvgIpc) is 2.88. The number of ether oxygens (including phenoxy) is 3. The van der Waals surface area contributed by atoms with Gasteiger partial charge in [-0.1, -0.05) is 36.2 Å². The number of hydrogen-bond donors (Lipinski definition) is 0. The highest BCUT2D eigenvalue weighted by Gasteiger charge is 2.40. The van der Waals surface area contributed by atoms with Crippen molar-refractivity contribution in [1.29, 1.82) is 0 Å². The van der Waals surface area contributed by atoms with Crippen molar-refractivity contribution in [1.82, 2.24) is 0 Å². The minimum Gasteiger partial charge on any atom is -0.489 e. The number of esters is 1. The summed E-state index contributed by atoms with van der Waals surface area (Å²) in [7, 11) is 0. The van der Waals surface area contributed by atoms with Crippen LogP contribution in [0, 0.1) is 0 Å². The maximum Gasteiger partial charge on any atom is 0.453 e. The van der Waals surface area contributed by atoms with Crippen LogP contribution >= 0.6 is 23.2 Å². The van der Waals surface area contributed by atoms with Crippen LogP contribution in [0.4, 0.5) is 13.2 Å². The van der Waals surface area contributed by atoms with E-state index in [0.717, 1.165) is 6.07 Å². The van der Waals surface area contributed by atoms with E-state index in [4.69, 9.17) is 41.8 Å². The van der Waals surface area contributed by atoms with Crippen molar-refractivity contribution >= 4 is 40.1 Å². The second-order valence-electron chi connectivity index (χ2n) is 8.00. The van der Waals surface area contributed by atoms with Gasteiger partial charge in [-0.15, -0.1) is 0 Å². The molecule has 0 amide bonds. The number of carbonyl (C=O) groups is 1. The molecule has 3 aromatic carbocycles. The van der Waals surface area contributed by atoms with E-state index in [1.807, 2.05) is 6.92 Å². The smallest absolute Gasteiger partial charge is 0.453 e. The first-order valence-electron chi connectivity index (χ1n) is 11.3. The Morgan fingerprint density at radius 2 is 1.63 bits per heavy atom. The van der Waals surface area contributed by atoms with Crippen LogP contribution in [0.2, 0.25) is 10.0 Å². The molecule has 1 heterocycles. The summed E-state index contributed by atoms with van der Waals surface area (Å²) in [5, 5.41) is 0.560. The Morgan fingerprint density at radius 3 is 2.26 bits per heavy atom. The molecule has 0 radical (unpaired) electrons. The van der Waals surface area contributed by atoms with Gasteiger partial charge in [0.15, 0.2) is 0 Å². The molecule has 0 bridgehead atoms. The Kier molecular flexibility index (Phi) is 8.18. The van der Waals surface area contributed by atoms with Crippen molar-refractivity contribution < 1.29 is 36.6 Å². The summed E-state index contributed by atoms with van der Waals surface area (Å²) < 4.78 is 62.7. The van der Waals surface area contributed by atoms with E-state index in [9.17, 15) is 22.8 Å². The van der Waals surface area contributed by atoms with Crippen molar-refractivity contribution in [2.24, 2.45) is 0 Å². The maximum atomic E-state index is 13.9. The summed E-state index contributed by atoms with van der Waals surface area (Å²) in [6.45, 7) is 2.00. The molecule has 4 rings (SSSR count). The molecule has 6 nitrogen and oxygen atoms in total. The molecule has 0 fully saturated rings. The Labute approximate surface area is 224 Å². The van der Waals surface area contributed by atoms with E-state index in [1.165, 1.54) is 36.4 Å². The molecule has 38 heavy (non-hydrogen) atoms. The highest BCUT2D eigenvalue weighted by Crippen LogP contribution is 2.39. The Balaban J connectivity index is 1.65. The third-order valence-corrected chi connectivity index (χ3v) is 5.98. The van der Waals surface area contributed by atoms with Crippen LogP contribution in [-0.4, -0.2) is 12.6 Å². The molecule has 198 valence electrons. The van der Waals surface area contributed by atoms with E-state index < -0.39 is 29.1 Å². The fourth-order valence-electron chi connectivity index (χ4n) is 3.41. The highest BCUT2D eigenvalue weighted by molar-refractivity contribution is 6.35. The Bertz CT molecular complexity index is 1510. The van der Waals surface area contributed by atoms with E-state index in [0.29, 0.717) is 22.0 Å². The van der Waals surface area contributed by atoms with Gasteiger partial charge >= 0.3 is 12.1 Å². The summed E-state index contributed by atoms with van der Waals surface area (Å²) in [5.41, 5.74) is -0.725. The topological polar surface area (TPSA) is 75.0 Å². The molecular formula is C27H19Cl2F3O6. The van der Waals surface area contributed by atoms with Crippen LogP contribution in [-0.2, 0) is 17.5 Å². The highest BCUT2D eigenvalue weighted by atomic mass is 35.5. The number of fused-ring (bicyclic) bond motifs is 1. The zero-order chi connectivity index (χ0) is 27.4. The lowest BCUT2D eigenvalue weighted by Crippen LogP contribution is -2.15. The van der Waals surface area contributed by atoms with E-state index in [-0.39, 0.29) is 41.2 Å². The number of hydrogen-bond acceptors (Lipinski definition) is 6. The van der Waals surface area contributed by atoms with Gasteiger partial charge in [0.1, 0.15) is 23.7 Å². The predicted molar refractivity (Wildman–Crippen MR) is 135 cm³/mol. The molecule has 0 aliphatic carbocycles. The molecule has 11 heteroatoms. The lowest BCUT2D eigenvalue weighted by molar-refractivity contribution is -0.154. The number of alkyl halides is 3. The van der Waals surface area contributed by atoms with Crippen molar-refractivity contribution in [3.05, 3.63) is 97.8 Å². The summed E-state index contributed by atoms with van der Waals surface area (Å²) in [5.74, 6) is -3.22. The molecule has 0 saturated carbocycles. The number of halogens is 5. The van der Waals surface area contributed by atoms with Gasteiger partial charge in [-0.05, 0) is 55.0 Å². The van der Waals surface area contributed by atoms with Gasteiger partial charge in [0.05, 0.1) is 17.6 Å². The van der Waals surface area contributed by atoms with Gasteiger partial charge in [0.2, 0.25) is 11.2 Å². The van der Waals surface area contributed by atoms with Crippen LogP contribution in [0.15, 0.2) is 69.9 Å². The summed E-state index contributed by atoms with van der Waals surface area (Å²) in [6.07, 6.45) is -4.41. The Morgan fingerprint density at radius 1 is 0.974 bits per heavy atom. The first-order valence-corrected chi connectivity index (χ1v) is 12.0. The molecule has 4 aromatic rings. The van der Waals surface area contributed by atoms with Crippen molar-refractivity contribution in [2.45, 2.75) is 26.1 Å². The van der Waals surface area contributed by atoms with Gasteiger partial charge in [-0.2, -0.15) is 13.2 Å². The predicted octanol–water partition coefficient (Wildman–Crippen LogP) is 8.06. The molecule has 0 aliphatic heterocycles. The van der Waals surface area contributed by atoms with Crippen LogP contribution in [0.25, 0.3) is 11.0 Å². The number of benzene rings is 3. The maximum absolute atomic E-state index is 13.9.